The Kier molecular flexibility index (Phi) is 5.99. The molecule has 1 N–H and O–H groups in total. The molecule has 0 fully saturated rings. The van der Waals surface area contributed by atoms with Crippen LogP contribution in [0.25, 0.3) is 0 Å². The minimum atomic E-state index is -0.255. The van der Waals surface area contributed by atoms with E-state index in [1.807, 2.05) is 20.8 Å². The summed E-state index contributed by atoms with van der Waals surface area (Å²) in [4.78, 5) is 26.6. The third kappa shape index (κ3) is 4.15. The minimum absolute atomic E-state index is 0.0719. The fourth-order valence-electron chi connectivity index (χ4n) is 2.45. The standard InChI is InChI=1S/C19H21ClN2O2/c1-4-22(5-2)19(24)15-8-6-7-14(12-15)18(23)21-17-10-9-16(20)11-13(17)3/h6-12H,4-5H2,1-3H3,(H,21,23). The summed E-state index contributed by atoms with van der Waals surface area (Å²) in [6.07, 6.45) is 0. The molecule has 0 aliphatic rings. The van der Waals surface area contributed by atoms with Crippen molar-refractivity contribution in [3.8, 4) is 0 Å². The van der Waals surface area contributed by atoms with Crippen LogP contribution in [-0.2, 0) is 0 Å². The van der Waals surface area contributed by atoms with E-state index in [9.17, 15) is 9.59 Å². The van der Waals surface area contributed by atoms with E-state index in [0.717, 1.165) is 5.56 Å². The molecule has 0 unspecified atom stereocenters. The van der Waals surface area contributed by atoms with E-state index in [2.05, 4.69) is 5.32 Å². The Morgan fingerprint density at radius 1 is 1.04 bits per heavy atom. The number of nitrogens with one attached hydrogen (secondary N) is 1. The number of amides is 2. The topological polar surface area (TPSA) is 49.4 Å². The predicted octanol–water partition coefficient (Wildman–Crippen LogP) is 4.38. The second-order valence-electron chi connectivity index (χ2n) is 5.47. The first kappa shape index (κ1) is 18.0. The van der Waals surface area contributed by atoms with Crippen molar-refractivity contribution >= 4 is 29.1 Å². The van der Waals surface area contributed by atoms with Crippen LogP contribution in [0.4, 0.5) is 5.69 Å². The number of hydrogen-bond acceptors (Lipinski definition) is 2. The van der Waals surface area contributed by atoms with Gasteiger partial charge in [0.2, 0.25) is 0 Å². The number of nitrogens with zero attached hydrogens (tertiary/aromatic N) is 1. The van der Waals surface area contributed by atoms with Crippen LogP contribution >= 0.6 is 11.6 Å². The second kappa shape index (κ2) is 7.97. The van der Waals surface area contributed by atoms with Gasteiger partial charge in [-0.05, 0) is 62.7 Å². The number of carbonyl (C=O) groups is 2. The third-order valence-corrected chi connectivity index (χ3v) is 4.09. The number of hydrogen-bond donors (Lipinski definition) is 1. The summed E-state index contributed by atoms with van der Waals surface area (Å²) in [7, 11) is 0. The summed E-state index contributed by atoms with van der Waals surface area (Å²) in [5.74, 6) is -0.327. The zero-order chi connectivity index (χ0) is 17.7. The van der Waals surface area contributed by atoms with E-state index in [1.54, 1.807) is 47.4 Å². The fourth-order valence-corrected chi connectivity index (χ4v) is 2.68. The van der Waals surface area contributed by atoms with Gasteiger partial charge in [0.1, 0.15) is 0 Å². The third-order valence-electron chi connectivity index (χ3n) is 3.86. The molecule has 0 saturated heterocycles. The first-order valence-electron chi connectivity index (χ1n) is 7.93. The van der Waals surface area contributed by atoms with Crippen molar-refractivity contribution in [2.24, 2.45) is 0 Å². The molecule has 0 atom stereocenters. The highest BCUT2D eigenvalue weighted by atomic mass is 35.5. The maximum atomic E-state index is 12.5. The van der Waals surface area contributed by atoms with Gasteiger partial charge in [-0.1, -0.05) is 17.7 Å². The van der Waals surface area contributed by atoms with Crippen LogP contribution in [0, 0.1) is 6.92 Å². The number of carbonyl (C=O) groups excluding carboxylic acids is 2. The Balaban J connectivity index is 2.21. The molecule has 0 bridgehead atoms. The molecule has 2 aromatic carbocycles. The van der Waals surface area contributed by atoms with E-state index in [-0.39, 0.29) is 11.8 Å². The van der Waals surface area contributed by atoms with E-state index < -0.39 is 0 Å². The van der Waals surface area contributed by atoms with Crippen molar-refractivity contribution < 1.29 is 9.59 Å². The van der Waals surface area contributed by atoms with Crippen LogP contribution in [0.5, 0.6) is 0 Å². The van der Waals surface area contributed by atoms with Crippen molar-refractivity contribution in [1.82, 2.24) is 4.90 Å². The van der Waals surface area contributed by atoms with Gasteiger partial charge in [0.05, 0.1) is 0 Å². The smallest absolute Gasteiger partial charge is 0.255 e. The normalized spacial score (nSPS) is 10.3. The molecular formula is C19H21ClN2O2. The highest BCUT2D eigenvalue weighted by molar-refractivity contribution is 6.30. The predicted molar refractivity (Wildman–Crippen MR) is 97.8 cm³/mol. The van der Waals surface area contributed by atoms with Crippen LogP contribution in [0.2, 0.25) is 5.02 Å². The Morgan fingerprint density at radius 2 is 1.71 bits per heavy atom. The van der Waals surface area contributed by atoms with Crippen LogP contribution < -0.4 is 5.32 Å². The van der Waals surface area contributed by atoms with Crippen molar-refractivity contribution in [3.05, 3.63) is 64.2 Å². The summed E-state index contributed by atoms with van der Waals surface area (Å²) in [6.45, 7) is 7.01. The largest absolute Gasteiger partial charge is 0.339 e. The molecule has 0 radical (unpaired) electrons. The summed E-state index contributed by atoms with van der Waals surface area (Å²) in [5.41, 5.74) is 2.54. The van der Waals surface area contributed by atoms with Crippen molar-refractivity contribution in [1.29, 1.82) is 0 Å². The summed E-state index contributed by atoms with van der Waals surface area (Å²) in [5, 5.41) is 3.48. The Bertz CT molecular complexity index is 755. The molecule has 4 nitrogen and oxygen atoms in total. The van der Waals surface area contributed by atoms with Crippen molar-refractivity contribution in [2.75, 3.05) is 18.4 Å². The number of anilines is 1. The number of aryl methyl sites for hydroxylation is 1. The van der Waals surface area contributed by atoms with Gasteiger partial charge in [-0.15, -0.1) is 0 Å². The first-order chi connectivity index (χ1) is 11.5. The molecular weight excluding hydrogens is 324 g/mol. The number of halogens is 1. The molecule has 0 spiro atoms. The first-order valence-corrected chi connectivity index (χ1v) is 8.30. The Morgan fingerprint density at radius 3 is 2.33 bits per heavy atom. The Labute approximate surface area is 147 Å². The van der Waals surface area contributed by atoms with Crippen LogP contribution in [0.1, 0.15) is 40.1 Å². The Hall–Kier alpha value is -2.33. The van der Waals surface area contributed by atoms with E-state index >= 15 is 0 Å². The lowest BCUT2D eigenvalue weighted by Crippen LogP contribution is -2.30. The summed E-state index contributed by atoms with van der Waals surface area (Å²) in [6, 6.07) is 12.1. The molecule has 2 aromatic rings. The van der Waals surface area contributed by atoms with Gasteiger partial charge >= 0.3 is 0 Å². The molecule has 0 heterocycles. The van der Waals surface area contributed by atoms with Crippen LogP contribution in [-0.4, -0.2) is 29.8 Å². The lowest BCUT2D eigenvalue weighted by Gasteiger charge is -2.18. The van der Waals surface area contributed by atoms with Gasteiger partial charge in [0.15, 0.2) is 0 Å². The quantitative estimate of drug-likeness (QED) is 0.874. The summed E-state index contributed by atoms with van der Waals surface area (Å²) >= 11 is 5.93. The molecule has 126 valence electrons. The molecule has 0 aromatic heterocycles. The molecule has 2 rings (SSSR count). The van der Waals surface area contributed by atoms with Crippen molar-refractivity contribution in [2.45, 2.75) is 20.8 Å². The maximum Gasteiger partial charge on any atom is 0.255 e. The average Bonchev–Trinajstić information content (AvgIpc) is 2.58. The van der Waals surface area contributed by atoms with Gasteiger partial charge in [-0.25, -0.2) is 0 Å². The monoisotopic (exact) mass is 344 g/mol. The molecule has 0 saturated carbocycles. The van der Waals surface area contributed by atoms with Gasteiger partial charge in [-0.3, -0.25) is 9.59 Å². The highest BCUT2D eigenvalue weighted by Gasteiger charge is 2.15. The minimum Gasteiger partial charge on any atom is -0.339 e. The molecule has 2 amide bonds. The van der Waals surface area contributed by atoms with E-state index in [1.165, 1.54) is 0 Å². The van der Waals surface area contributed by atoms with Crippen LogP contribution in [0.3, 0.4) is 0 Å². The average molecular weight is 345 g/mol. The molecule has 0 aliphatic heterocycles. The summed E-state index contributed by atoms with van der Waals surface area (Å²) < 4.78 is 0. The highest BCUT2D eigenvalue weighted by Crippen LogP contribution is 2.20. The fraction of sp³-hybridized carbons (Fsp3) is 0.263. The lowest BCUT2D eigenvalue weighted by atomic mass is 10.1. The number of benzene rings is 2. The molecule has 0 aliphatic carbocycles. The SMILES string of the molecule is CCN(CC)C(=O)c1cccc(C(=O)Nc2ccc(Cl)cc2C)c1. The van der Waals surface area contributed by atoms with Gasteiger partial charge in [0.25, 0.3) is 11.8 Å². The number of rotatable bonds is 5. The molecule has 5 heteroatoms. The lowest BCUT2D eigenvalue weighted by molar-refractivity contribution is 0.0773. The molecule has 24 heavy (non-hydrogen) atoms. The van der Waals surface area contributed by atoms with Crippen molar-refractivity contribution in [3.63, 3.8) is 0 Å². The van der Waals surface area contributed by atoms with Crippen LogP contribution in [0.15, 0.2) is 42.5 Å². The van der Waals surface area contributed by atoms with Gasteiger partial charge in [-0.2, -0.15) is 0 Å². The van der Waals surface area contributed by atoms with Gasteiger partial charge in [0, 0.05) is 34.9 Å². The van der Waals surface area contributed by atoms with Gasteiger partial charge < -0.3 is 10.2 Å². The van der Waals surface area contributed by atoms with E-state index in [0.29, 0.717) is 34.9 Å². The zero-order valence-electron chi connectivity index (χ0n) is 14.1. The zero-order valence-corrected chi connectivity index (χ0v) is 14.9. The maximum absolute atomic E-state index is 12.5. The second-order valence-corrected chi connectivity index (χ2v) is 5.91. The van der Waals surface area contributed by atoms with E-state index in [4.69, 9.17) is 11.6 Å².